The summed E-state index contributed by atoms with van der Waals surface area (Å²) in [7, 11) is 0. The highest BCUT2D eigenvalue weighted by Crippen LogP contribution is 2.33. The first-order valence-corrected chi connectivity index (χ1v) is 5.45. The van der Waals surface area contributed by atoms with E-state index in [0.717, 1.165) is 18.8 Å². The lowest BCUT2D eigenvalue weighted by Crippen LogP contribution is -2.30. The van der Waals surface area contributed by atoms with E-state index >= 15 is 0 Å². The maximum atomic E-state index is 11.9. The van der Waals surface area contributed by atoms with Crippen LogP contribution in [0.2, 0.25) is 0 Å². The van der Waals surface area contributed by atoms with Gasteiger partial charge in [-0.3, -0.25) is 4.79 Å². The van der Waals surface area contributed by atoms with Crippen LogP contribution in [0.15, 0.2) is 0 Å². The number of hydrogen-bond acceptors (Lipinski definition) is 1. The normalized spacial score (nSPS) is 30.2. The summed E-state index contributed by atoms with van der Waals surface area (Å²) < 4.78 is 0. The minimum atomic E-state index is -0.134. The van der Waals surface area contributed by atoms with Crippen LogP contribution in [0.1, 0.15) is 53.4 Å². The number of Topliss-reactive ketones (excluding diaryl/α,β-unsaturated/α-hetero) is 1. The van der Waals surface area contributed by atoms with Gasteiger partial charge < -0.3 is 0 Å². The van der Waals surface area contributed by atoms with Crippen molar-refractivity contribution in [3.05, 3.63) is 0 Å². The van der Waals surface area contributed by atoms with Gasteiger partial charge in [-0.2, -0.15) is 0 Å². The highest BCUT2D eigenvalue weighted by molar-refractivity contribution is 5.85. The largest absolute Gasteiger partial charge is 0.299 e. The van der Waals surface area contributed by atoms with E-state index in [9.17, 15) is 4.79 Å². The molecule has 0 aromatic rings. The summed E-state index contributed by atoms with van der Waals surface area (Å²) in [4.78, 5) is 11.9. The predicted molar refractivity (Wildman–Crippen MR) is 55.6 cm³/mol. The molecule has 0 spiro atoms. The van der Waals surface area contributed by atoms with Crippen molar-refractivity contribution in [1.82, 2.24) is 0 Å². The van der Waals surface area contributed by atoms with Gasteiger partial charge in [-0.1, -0.05) is 40.5 Å². The standard InChI is InChI=1S/C12H22O/c1-9-5-7-10(8-6-9)11(13)12(2,3)4/h9-10H,5-8H2,1-4H3. The van der Waals surface area contributed by atoms with Crippen LogP contribution < -0.4 is 0 Å². The van der Waals surface area contributed by atoms with Crippen LogP contribution in [-0.4, -0.2) is 5.78 Å². The summed E-state index contributed by atoms with van der Waals surface area (Å²) in [6, 6.07) is 0. The molecule has 0 amide bonds. The monoisotopic (exact) mass is 182 g/mol. The molecule has 0 aromatic carbocycles. The third-order valence-corrected chi connectivity index (χ3v) is 3.13. The Morgan fingerprint density at radius 2 is 1.54 bits per heavy atom. The Morgan fingerprint density at radius 3 is 1.92 bits per heavy atom. The topological polar surface area (TPSA) is 17.1 Å². The minimum Gasteiger partial charge on any atom is -0.299 e. The quantitative estimate of drug-likeness (QED) is 0.607. The van der Waals surface area contributed by atoms with Crippen molar-refractivity contribution in [2.45, 2.75) is 53.4 Å². The van der Waals surface area contributed by atoms with Crippen molar-refractivity contribution >= 4 is 5.78 Å². The van der Waals surface area contributed by atoms with Crippen LogP contribution in [0.4, 0.5) is 0 Å². The molecule has 0 atom stereocenters. The van der Waals surface area contributed by atoms with E-state index in [1.54, 1.807) is 0 Å². The molecule has 0 unspecified atom stereocenters. The number of carbonyl (C=O) groups excluding carboxylic acids is 1. The molecule has 1 aliphatic rings. The highest BCUT2D eigenvalue weighted by Gasteiger charge is 2.31. The molecule has 76 valence electrons. The number of rotatable bonds is 1. The first kappa shape index (κ1) is 10.7. The fraction of sp³-hybridized carbons (Fsp3) is 0.917. The van der Waals surface area contributed by atoms with Crippen molar-refractivity contribution in [1.29, 1.82) is 0 Å². The molecule has 13 heavy (non-hydrogen) atoms. The smallest absolute Gasteiger partial charge is 0.141 e. The summed E-state index contributed by atoms with van der Waals surface area (Å²) >= 11 is 0. The van der Waals surface area contributed by atoms with Crippen LogP contribution in [0, 0.1) is 17.3 Å². The summed E-state index contributed by atoms with van der Waals surface area (Å²) in [5.41, 5.74) is -0.134. The first-order valence-electron chi connectivity index (χ1n) is 5.45. The summed E-state index contributed by atoms with van der Waals surface area (Å²) in [6.07, 6.45) is 4.73. The minimum absolute atomic E-state index is 0.134. The van der Waals surface area contributed by atoms with Crippen LogP contribution in [0.3, 0.4) is 0 Å². The zero-order chi connectivity index (χ0) is 10.1. The third-order valence-electron chi connectivity index (χ3n) is 3.13. The lowest BCUT2D eigenvalue weighted by atomic mass is 9.74. The average Bonchev–Trinajstić information content (AvgIpc) is 2.03. The Hall–Kier alpha value is -0.330. The average molecular weight is 182 g/mol. The molecule has 0 radical (unpaired) electrons. The first-order chi connectivity index (χ1) is 5.91. The van der Waals surface area contributed by atoms with Crippen molar-refractivity contribution in [2.24, 2.45) is 17.3 Å². The van der Waals surface area contributed by atoms with Gasteiger partial charge in [-0.25, -0.2) is 0 Å². The Bertz CT molecular complexity index is 180. The van der Waals surface area contributed by atoms with E-state index in [0.29, 0.717) is 11.7 Å². The second-order valence-corrected chi connectivity index (χ2v) is 5.57. The molecule has 1 heteroatoms. The van der Waals surface area contributed by atoms with Gasteiger partial charge in [-0.05, 0) is 18.8 Å². The third kappa shape index (κ3) is 2.82. The molecule has 0 saturated heterocycles. The summed E-state index contributed by atoms with van der Waals surface area (Å²) in [6.45, 7) is 8.39. The maximum Gasteiger partial charge on any atom is 0.141 e. The Kier molecular flexibility index (Phi) is 3.15. The van der Waals surface area contributed by atoms with Gasteiger partial charge in [0.1, 0.15) is 5.78 Å². The van der Waals surface area contributed by atoms with Gasteiger partial charge in [-0.15, -0.1) is 0 Å². The fourth-order valence-electron chi connectivity index (χ4n) is 2.13. The van der Waals surface area contributed by atoms with E-state index in [-0.39, 0.29) is 5.41 Å². The number of hydrogen-bond donors (Lipinski definition) is 0. The Labute approximate surface area is 81.9 Å². The van der Waals surface area contributed by atoms with Gasteiger partial charge in [0.2, 0.25) is 0 Å². The van der Waals surface area contributed by atoms with E-state index in [1.807, 2.05) is 20.8 Å². The second kappa shape index (κ2) is 3.81. The van der Waals surface area contributed by atoms with Gasteiger partial charge in [0.15, 0.2) is 0 Å². The van der Waals surface area contributed by atoms with Crippen molar-refractivity contribution in [3.63, 3.8) is 0 Å². The number of ketones is 1. The van der Waals surface area contributed by atoms with E-state index in [1.165, 1.54) is 12.8 Å². The molecule has 1 rings (SSSR count). The molecule has 1 nitrogen and oxygen atoms in total. The molecule has 0 N–H and O–H groups in total. The maximum absolute atomic E-state index is 11.9. The summed E-state index contributed by atoms with van der Waals surface area (Å²) in [5.74, 6) is 1.67. The molecule has 0 aliphatic heterocycles. The zero-order valence-electron chi connectivity index (χ0n) is 9.39. The van der Waals surface area contributed by atoms with Gasteiger partial charge in [0.25, 0.3) is 0 Å². The van der Waals surface area contributed by atoms with Gasteiger partial charge in [0.05, 0.1) is 0 Å². The lowest BCUT2D eigenvalue weighted by molar-refractivity contribution is -0.131. The van der Waals surface area contributed by atoms with Crippen molar-refractivity contribution in [2.75, 3.05) is 0 Å². The van der Waals surface area contributed by atoms with E-state index in [4.69, 9.17) is 0 Å². The second-order valence-electron chi connectivity index (χ2n) is 5.57. The van der Waals surface area contributed by atoms with Crippen LogP contribution in [0.25, 0.3) is 0 Å². The van der Waals surface area contributed by atoms with Gasteiger partial charge in [0, 0.05) is 11.3 Å². The molecule has 1 saturated carbocycles. The lowest BCUT2D eigenvalue weighted by Gasteiger charge is -2.29. The van der Waals surface area contributed by atoms with Crippen LogP contribution in [0.5, 0.6) is 0 Å². The number of carbonyl (C=O) groups is 1. The van der Waals surface area contributed by atoms with Crippen LogP contribution >= 0.6 is 0 Å². The Balaban J connectivity index is 2.50. The van der Waals surface area contributed by atoms with E-state index < -0.39 is 0 Å². The zero-order valence-corrected chi connectivity index (χ0v) is 9.39. The molecule has 1 fully saturated rings. The van der Waals surface area contributed by atoms with E-state index in [2.05, 4.69) is 6.92 Å². The molecule has 1 aliphatic carbocycles. The highest BCUT2D eigenvalue weighted by atomic mass is 16.1. The summed E-state index contributed by atoms with van der Waals surface area (Å²) in [5, 5.41) is 0. The predicted octanol–water partition coefficient (Wildman–Crippen LogP) is 3.43. The van der Waals surface area contributed by atoms with Crippen molar-refractivity contribution < 1.29 is 4.79 Å². The molecular formula is C12H22O. The Morgan fingerprint density at radius 1 is 1.08 bits per heavy atom. The fourth-order valence-corrected chi connectivity index (χ4v) is 2.13. The molecular weight excluding hydrogens is 160 g/mol. The van der Waals surface area contributed by atoms with Crippen molar-refractivity contribution in [3.8, 4) is 0 Å². The molecule has 0 heterocycles. The molecule has 0 aromatic heterocycles. The van der Waals surface area contributed by atoms with Crippen LogP contribution in [-0.2, 0) is 4.79 Å². The molecule has 0 bridgehead atoms. The SMILES string of the molecule is CC1CCC(C(=O)C(C)(C)C)CC1. The van der Waals surface area contributed by atoms with Gasteiger partial charge >= 0.3 is 0 Å².